The monoisotopic (exact) mass is 478 g/mol. The van der Waals surface area contributed by atoms with E-state index in [-0.39, 0.29) is 11.8 Å². The smallest absolute Gasteiger partial charge is 0.223 e. The first-order chi connectivity index (χ1) is 16.7. The highest BCUT2D eigenvalue weighted by Gasteiger charge is 2.26. The lowest BCUT2D eigenvalue weighted by Gasteiger charge is -2.31. The Labute approximate surface area is 207 Å². The fourth-order valence-corrected chi connectivity index (χ4v) is 5.65. The second-order valence-electron chi connectivity index (χ2n) is 9.76. The van der Waals surface area contributed by atoms with Crippen molar-refractivity contribution in [2.24, 2.45) is 5.92 Å². The predicted molar refractivity (Wildman–Crippen MR) is 139 cm³/mol. The summed E-state index contributed by atoms with van der Waals surface area (Å²) < 4.78 is 2.40. The van der Waals surface area contributed by atoms with Gasteiger partial charge in [0.15, 0.2) is 0 Å². The van der Waals surface area contributed by atoms with Crippen LogP contribution in [0.1, 0.15) is 36.9 Å². The number of aromatic nitrogens is 1. The normalized spacial score (nSPS) is 18.0. The third-order valence-corrected chi connectivity index (χ3v) is 7.82. The number of para-hydroxylation sites is 1. The number of fused-ring (bicyclic) bond motifs is 1. The van der Waals surface area contributed by atoms with E-state index in [1.54, 1.807) is 0 Å². The Morgan fingerprint density at radius 3 is 2.44 bits per heavy atom. The van der Waals surface area contributed by atoms with Gasteiger partial charge < -0.3 is 14.8 Å². The summed E-state index contributed by atoms with van der Waals surface area (Å²) in [4.78, 5) is 17.6. The molecule has 5 rings (SSSR count). The van der Waals surface area contributed by atoms with Crippen LogP contribution in [0, 0.1) is 5.92 Å². The molecule has 2 fully saturated rings. The summed E-state index contributed by atoms with van der Waals surface area (Å²) in [5.74, 6) is 0.385. The van der Waals surface area contributed by atoms with Gasteiger partial charge in [-0.1, -0.05) is 48.0 Å². The standard InChI is InChI=1S/C28H35ClN4O/c29-26-9-3-1-8-24(26)20-33-25(19-23-7-2-4-10-27(23)33)21-32-16-11-22(12-17-32)28(34)30-13-18-31-14-5-6-15-31/h1-4,7-10,19,22H,5-6,11-18,20-21H2,(H,30,34). The van der Waals surface area contributed by atoms with Gasteiger partial charge in [-0.3, -0.25) is 9.69 Å². The van der Waals surface area contributed by atoms with Crippen molar-refractivity contribution in [3.8, 4) is 0 Å². The zero-order valence-corrected chi connectivity index (χ0v) is 20.6. The summed E-state index contributed by atoms with van der Waals surface area (Å²) in [5, 5.41) is 5.26. The quantitative estimate of drug-likeness (QED) is 0.507. The topological polar surface area (TPSA) is 40.5 Å². The Hall–Kier alpha value is -2.34. The first-order valence-electron chi connectivity index (χ1n) is 12.7. The van der Waals surface area contributed by atoms with Crippen molar-refractivity contribution < 1.29 is 4.79 Å². The highest BCUT2D eigenvalue weighted by molar-refractivity contribution is 6.31. The van der Waals surface area contributed by atoms with Crippen LogP contribution in [-0.4, -0.2) is 59.5 Å². The lowest BCUT2D eigenvalue weighted by molar-refractivity contribution is -0.126. The first-order valence-corrected chi connectivity index (χ1v) is 13.1. The molecule has 34 heavy (non-hydrogen) atoms. The van der Waals surface area contributed by atoms with E-state index in [0.717, 1.165) is 62.7 Å². The fourth-order valence-electron chi connectivity index (χ4n) is 5.45. The number of hydrogen-bond donors (Lipinski definition) is 1. The van der Waals surface area contributed by atoms with E-state index in [0.29, 0.717) is 0 Å². The number of likely N-dealkylation sites (tertiary alicyclic amines) is 2. The second kappa shape index (κ2) is 10.9. The van der Waals surface area contributed by atoms with E-state index < -0.39 is 0 Å². The Bertz CT molecular complexity index is 1110. The molecule has 0 radical (unpaired) electrons. The van der Waals surface area contributed by atoms with Crippen molar-refractivity contribution >= 4 is 28.4 Å². The molecule has 0 saturated carbocycles. The van der Waals surface area contributed by atoms with Crippen LogP contribution >= 0.6 is 11.6 Å². The summed E-state index contributed by atoms with van der Waals surface area (Å²) in [5.41, 5.74) is 3.68. The highest BCUT2D eigenvalue weighted by atomic mass is 35.5. The summed E-state index contributed by atoms with van der Waals surface area (Å²) >= 11 is 6.49. The number of piperidine rings is 1. The van der Waals surface area contributed by atoms with Crippen LogP contribution in [0.25, 0.3) is 10.9 Å². The maximum Gasteiger partial charge on any atom is 0.223 e. The van der Waals surface area contributed by atoms with Crippen LogP contribution < -0.4 is 5.32 Å². The lowest BCUT2D eigenvalue weighted by atomic mass is 9.96. The molecule has 0 unspecified atom stereocenters. The van der Waals surface area contributed by atoms with E-state index in [1.165, 1.54) is 42.5 Å². The SMILES string of the molecule is O=C(NCCN1CCCC1)C1CCN(Cc2cc3ccccc3n2Cc2ccccc2Cl)CC1. The number of benzene rings is 2. The Morgan fingerprint density at radius 2 is 1.65 bits per heavy atom. The van der Waals surface area contributed by atoms with Gasteiger partial charge in [-0.15, -0.1) is 0 Å². The highest BCUT2D eigenvalue weighted by Crippen LogP contribution is 2.26. The zero-order valence-electron chi connectivity index (χ0n) is 19.9. The molecule has 0 atom stereocenters. The minimum atomic E-state index is 0.142. The molecule has 2 aliphatic rings. The molecule has 180 valence electrons. The molecule has 5 nitrogen and oxygen atoms in total. The van der Waals surface area contributed by atoms with Crippen molar-refractivity contribution in [2.75, 3.05) is 39.3 Å². The molecule has 1 aromatic heterocycles. The van der Waals surface area contributed by atoms with Crippen LogP contribution in [0.15, 0.2) is 54.6 Å². The number of carbonyl (C=O) groups is 1. The predicted octanol–water partition coefficient (Wildman–Crippen LogP) is 4.77. The Morgan fingerprint density at radius 1 is 0.912 bits per heavy atom. The number of halogens is 1. The Kier molecular flexibility index (Phi) is 7.53. The number of nitrogens with one attached hydrogen (secondary N) is 1. The summed E-state index contributed by atoms with van der Waals surface area (Å²) in [6.07, 6.45) is 4.45. The average Bonchev–Trinajstić information content (AvgIpc) is 3.49. The van der Waals surface area contributed by atoms with Gasteiger partial charge in [0.2, 0.25) is 5.91 Å². The number of amides is 1. The van der Waals surface area contributed by atoms with Gasteiger partial charge in [-0.25, -0.2) is 0 Å². The van der Waals surface area contributed by atoms with E-state index in [2.05, 4.69) is 56.1 Å². The van der Waals surface area contributed by atoms with Crippen molar-refractivity contribution in [1.82, 2.24) is 19.7 Å². The molecule has 0 spiro atoms. The summed E-state index contributed by atoms with van der Waals surface area (Å²) in [6.45, 7) is 7.70. The van der Waals surface area contributed by atoms with Crippen LogP contribution in [0.5, 0.6) is 0 Å². The van der Waals surface area contributed by atoms with E-state index >= 15 is 0 Å². The van der Waals surface area contributed by atoms with Crippen LogP contribution in [0.3, 0.4) is 0 Å². The molecule has 3 heterocycles. The molecule has 6 heteroatoms. The minimum Gasteiger partial charge on any atom is -0.355 e. The van der Waals surface area contributed by atoms with Crippen LogP contribution in [0.4, 0.5) is 0 Å². The third kappa shape index (κ3) is 5.48. The molecular weight excluding hydrogens is 444 g/mol. The number of rotatable bonds is 8. The molecule has 2 aliphatic heterocycles. The molecule has 1 amide bonds. The van der Waals surface area contributed by atoms with E-state index in [1.807, 2.05) is 18.2 Å². The molecule has 1 N–H and O–H groups in total. The largest absolute Gasteiger partial charge is 0.355 e. The minimum absolute atomic E-state index is 0.142. The zero-order chi connectivity index (χ0) is 23.3. The third-order valence-electron chi connectivity index (χ3n) is 7.45. The van der Waals surface area contributed by atoms with Crippen molar-refractivity contribution in [1.29, 1.82) is 0 Å². The average molecular weight is 479 g/mol. The van der Waals surface area contributed by atoms with Crippen LogP contribution in [0.2, 0.25) is 5.02 Å². The van der Waals surface area contributed by atoms with E-state index in [4.69, 9.17) is 11.6 Å². The van der Waals surface area contributed by atoms with Gasteiger partial charge in [0.25, 0.3) is 0 Å². The fraction of sp³-hybridized carbons (Fsp3) is 0.464. The molecule has 2 saturated heterocycles. The van der Waals surface area contributed by atoms with Gasteiger partial charge in [-0.2, -0.15) is 0 Å². The molecular formula is C28H35ClN4O. The summed E-state index contributed by atoms with van der Waals surface area (Å²) in [6, 6.07) is 19.0. The molecule has 2 aromatic carbocycles. The van der Waals surface area contributed by atoms with Gasteiger partial charge >= 0.3 is 0 Å². The van der Waals surface area contributed by atoms with Gasteiger partial charge in [0, 0.05) is 48.3 Å². The Balaban J connectivity index is 1.20. The van der Waals surface area contributed by atoms with Crippen molar-refractivity contribution in [3.05, 3.63) is 70.9 Å². The van der Waals surface area contributed by atoms with Gasteiger partial charge in [0.1, 0.15) is 0 Å². The van der Waals surface area contributed by atoms with Gasteiger partial charge in [0.05, 0.1) is 0 Å². The molecule has 0 aliphatic carbocycles. The number of carbonyl (C=O) groups excluding carboxylic acids is 1. The summed E-state index contributed by atoms with van der Waals surface area (Å²) in [7, 11) is 0. The second-order valence-corrected chi connectivity index (χ2v) is 10.2. The molecule has 0 bridgehead atoms. The number of nitrogens with zero attached hydrogens (tertiary/aromatic N) is 3. The maximum absolute atomic E-state index is 12.7. The first kappa shape index (κ1) is 23.4. The molecule has 3 aromatic rings. The van der Waals surface area contributed by atoms with Crippen molar-refractivity contribution in [2.45, 2.75) is 38.8 Å². The maximum atomic E-state index is 12.7. The number of hydrogen-bond acceptors (Lipinski definition) is 3. The van der Waals surface area contributed by atoms with Gasteiger partial charge in [-0.05, 0) is 81.0 Å². The van der Waals surface area contributed by atoms with Crippen molar-refractivity contribution in [3.63, 3.8) is 0 Å². The van der Waals surface area contributed by atoms with E-state index in [9.17, 15) is 4.79 Å². The van der Waals surface area contributed by atoms with Crippen LogP contribution in [-0.2, 0) is 17.9 Å². The lowest BCUT2D eigenvalue weighted by Crippen LogP contribution is -2.42.